The van der Waals surface area contributed by atoms with Gasteiger partial charge in [0.25, 0.3) is 0 Å². The van der Waals surface area contributed by atoms with Crippen LogP contribution < -0.4 is 0 Å². The molecule has 0 saturated carbocycles. The van der Waals surface area contributed by atoms with Crippen molar-refractivity contribution in [2.75, 3.05) is 13.2 Å². The molecule has 0 spiro atoms. The van der Waals surface area contributed by atoms with Crippen molar-refractivity contribution in [3.63, 3.8) is 0 Å². The summed E-state index contributed by atoms with van der Waals surface area (Å²) < 4.78 is 8.09. The van der Waals surface area contributed by atoms with E-state index in [0.29, 0.717) is 13.2 Å². The summed E-state index contributed by atoms with van der Waals surface area (Å²) in [6, 6.07) is 23.5. The van der Waals surface area contributed by atoms with E-state index in [-0.39, 0.29) is 12.6 Å². The van der Waals surface area contributed by atoms with Crippen molar-refractivity contribution in [3.05, 3.63) is 78.4 Å². The molecule has 33 heavy (non-hydrogen) atoms. The van der Waals surface area contributed by atoms with Gasteiger partial charge in [0.1, 0.15) is 18.6 Å². The number of fused-ring (bicyclic) bond motifs is 1. The Bertz CT molecular complexity index is 1070. The second kappa shape index (κ2) is 11.4. The second-order valence-corrected chi connectivity index (χ2v) is 9.06. The zero-order valence-corrected chi connectivity index (χ0v) is 19.2. The third-order valence-corrected chi connectivity index (χ3v) is 6.90. The number of nitrogens with zero attached hydrogens (tertiary/aromatic N) is 2. The Kier molecular flexibility index (Phi) is 8.12. The summed E-state index contributed by atoms with van der Waals surface area (Å²) in [7, 11) is 0. The number of hydrazine groups is 1. The monoisotopic (exact) mass is 464 g/mol. The Morgan fingerprint density at radius 1 is 1.12 bits per heavy atom. The number of carbonyl (C=O) groups excluding carboxylic acids is 1. The van der Waals surface area contributed by atoms with E-state index in [9.17, 15) is 14.7 Å². The number of benzene rings is 3. The molecule has 0 amide bonds. The Balaban J connectivity index is 1.47. The van der Waals surface area contributed by atoms with Gasteiger partial charge in [0.05, 0.1) is 13.0 Å². The lowest BCUT2D eigenvalue weighted by Gasteiger charge is -2.37. The van der Waals surface area contributed by atoms with E-state index in [1.54, 1.807) is 4.41 Å². The summed E-state index contributed by atoms with van der Waals surface area (Å²) in [6.45, 7) is 1.26. The fourth-order valence-electron chi connectivity index (χ4n) is 4.19. The summed E-state index contributed by atoms with van der Waals surface area (Å²) in [4.78, 5) is 24.2. The zero-order chi connectivity index (χ0) is 23.0. The van der Waals surface area contributed by atoms with Crippen LogP contribution in [0.25, 0.3) is 10.8 Å². The molecule has 0 aliphatic carbocycles. The van der Waals surface area contributed by atoms with E-state index >= 15 is 0 Å². The number of aliphatic carboxylic acids is 1. The smallest absolute Gasteiger partial charge is 0.305 e. The van der Waals surface area contributed by atoms with Crippen molar-refractivity contribution < 1.29 is 19.4 Å². The van der Waals surface area contributed by atoms with Crippen molar-refractivity contribution >= 4 is 35.0 Å². The average molecular weight is 465 g/mol. The summed E-state index contributed by atoms with van der Waals surface area (Å²) in [5.41, 5.74) is 1.24. The highest BCUT2D eigenvalue weighted by molar-refractivity contribution is 7.97. The van der Waals surface area contributed by atoms with Crippen LogP contribution in [0, 0.1) is 0 Å². The van der Waals surface area contributed by atoms with Crippen LogP contribution in [-0.4, -0.2) is 52.2 Å². The third-order valence-electron chi connectivity index (χ3n) is 5.75. The van der Waals surface area contributed by atoms with Crippen molar-refractivity contribution in [1.82, 2.24) is 9.42 Å². The molecule has 1 aliphatic heterocycles. The molecule has 7 heteroatoms. The molecule has 0 bridgehead atoms. The molecule has 6 nitrogen and oxygen atoms in total. The van der Waals surface area contributed by atoms with Crippen molar-refractivity contribution in [3.8, 4) is 0 Å². The minimum atomic E-state index is -1.00. The third kappa shape index (κ3) is 6.00. The van der Waals surface area contributed by atoms with Gasteiger partial charge in [-0.25, -0.2) is 5.01 Å². The van der Waals surface area contributed by atoms with Gasteiger partial charge in [-0.2, -0.15) is 4.41 Å². The minimum Gasteiger partial charge on any atom is -0.481 e. The van der Waals surface area contributed by atoms with Gasteiger partial charge in [-0.05, 0) is 59.7 Å². The van der Waals surface area contributed by atoms with Crippen LogP contribution in [0.1, 0.15) is 24.8 Å². The molecule has 1 unspecified atom stereocenters. The molecule has 2 atom stereocenters. The molecule has 4 rings (SSSR count). The predicted molar refractivity (Wildman–Crippen MR) is 130 cm³/mol. The van der Waals surface area contributed by atoms with Crippen molar-refractivity contribution in [2.24, 2.45) is 0 Å². The van der Waals surface area contributed by atoms with Gasteiger partial charge in [-0.3, -0.25) is 4.79 Å². The molecule has 1 N–H and O–H groups in total. The fraction of sp³-hybridized carbons (Fsp3) is 0.308. The molecule has 3 aromatic rings. The number of carbonyl (C=O) groups is 2. The lowest BCUT2D eigenvalue weighted by atomic mass is 10.0. The van der Waals surface area contributed by atoms with Gasteiger partial charge in [-0.1, -0.05) is 60.7 Å². The minimum absolute atomic E-state index is 0.201. The van der Waals surface area contributed by atoms with E-state index in [1.165, 1.54) is 28.3 Å². The average Bonchev–Trinajstić information content (AvgIpc) is 3.30. The second-order valence-electron chi connectivity index (χ2n) is 8.03. The van der Waals surface area contributed by atoms with Gasteiger partial charge in [0, 0.05) is 11.4 Å². The molecule has 1 aliphatic rings. The maximum Gasteiger partial charge on any atom is 0.305 e. The Hall–Kier alpha value is -2.71. The largest absolute Gasteiger partial charge is 0.481 e. The Labute approximate surface area is 198 Å². The van der Waals surface area contributed by atoms with Gasteiger partial charge in [0.2, 0.25) is 0 Å². The van der Waals surface area contributed by atoms with Gasteiger partial charge in [-0.15, -0.1) is 0 Å². The van der Waals surface area contributed by atoms with Gasteiger partial charge in [0.15, 0.2) is 0 Å². The Morgan fingerprint density at radius 3 is 2.67 bits per heavy atom. The molecule has 0 aromatic heterocycles. The highest BCUT2D eigenvalue weighted by Crippen LogP contribution is 2.33. The first-order valence-corrected chi connectivity index (χ1v) is 12.0. The highest BCUT2D eigenvalue weighted by Gasteiger charge is 2.36. The number of aldehydes is 1. The standard InChI is InChI=1S/C26H28N2O4S/c29-19-22(18-26(30)31)28(33-23-11-2-1-3-12-23)27-16-7-14-25(27)32-17-15-21-10-6-9-20-8-4-5-13-24(20)21/h1-6,8-13,19,22,25H,7,14-18H2,(H,30,31)/t22-,25?/m0/s1. The number of carboxylic acid groups (broad SMARTS) is 1. The maximum atomic E-state index is 11.9. The molecule has 1 fully saturated rings. The quantitative estimate of drug-likeness (QED) is 0.323. The number of rotatable bonds is 11. The molecular weight excluding hydrogens is 436 g/mol. The number of ether oxygens (including phenoxy) is 1. The molecule has 1 saturated heterocycles. The summed E-state index contributed by atoms with van der Waals surface area (Å²) in [5.74, 6) is -1.00. The first kappa shape index (κ1) is 23.4. The SMILES string of the molecule is O=C[C@H](CC(=O)O)N(Sc1ccccc1)N1CCCC1OCCc1cccc2ccccc12. The first-order chi connectivity index (χ1) is 16.2. The first-order valence-electron chi connectivity index (χ1n) is 11.2. The number of hydrogen-bond donors (Lipinski definition) is 1. The lowest BCUT2D eigenvalue weighted by Crippen LogP contribution is -2.49. The van der Waals surface area contributed by atoms with E-state index < -0.39 is 12.0 Å². The Morgan fingerprint density at radius 2 is 1.88 bits per heavy atom. The van der Waals surface area contributed by atoms with E-state index in [1.807, 2.05) is 47.5 Å². The zero-order valence-electron chi connectivity index (χ0n) is 18.4. The molecule has 172 valence electrons. The fourth-order valence-corrected chi connectivity index (χ4v) is 5.23. The normalized spacial score (nSPS) is 17.4. The van der Waals surface area contributed by atoms with Gasteiger partial charge >= 0.3 is 5.97 Å². The lowest BCUT2D eigenvalue weighted by molar-refractivity contribution is -0.146. The van der Waals surface area contributed by atoms with Crippen LogP contribution in [0.15, 0.2) is 77.7 Å². The molecular formula is C26H28N2O4S. The highest BCUT2D eigenvalue weighted by atomic mass is 32.2. The van der Waals surface area contributed by atoms with E-state index in [0.717, 1.165) is 30.4 Å². The summed E-state index contributed by atoms with van der Waals surface area (Å²) in [5, 5.41) is 13.8. The summed E-state index contributed by atoms with van der Waals surface area (Å²) in [6.07, 6.45) is 2.79. The molecule has 3 aromatic carbocycles. The topological polar surface area (TPSA) is 70.1 Å². The molecule has 1 heterocycles. The molecule has 0 radical (unpaired) electrons. The van der Waals surface area contributed by atoms with Crippen LogP contribution in [0.5, 0.6) is 0 Å². The maximum absolute atomic E-state index is 11.9. The summed E-state index contributed by atoms with van der Waals surface area (Å²) >= 11 is 1.38. The van der Waals surface area contributed by atoms with Gasteiger partial charge < -0.3 is 14.6 Å². The van der Waals surface area contributed by atoms with Crippen LogP contribution in [0.3, 0.4) is 0 Å². The van der Waals surface area contributed by atoms with Crippen LogP contribution in [0.4, 0.5) is 0 Å². The van der Waals surface area contributed by atoms with E-state index in [4.69, 9.17) is 4.74 Å². The number of carboxylic acids is 1. The predicted octanol–water partition coefficient (Wildman–Crippen LogP) is 4.79. The van der Waals surface area contributed by atoms with Crippen LogP contribution >= 0.6 is 11.9 Å². The number of hydrogen-bond acceptors (Lipinski definition) is 6. The van der Waals surface area contributed by atoms with Crippen molar-refractivity contribution in [2.45, 2.75) is 42.8 Å². The van der Waals surface area contributed by atoms with Crippen LogP contribution in [0.2, 0.25) is 0 Å². The van der Waals surface area contributed by atoms with Crippen LogP contribution in [-0.2, 0) is 20.7 Å². The van der Waals surface area contributed by atoms with Crippen molar-refractivity contribution in [1.29, 1.82) is 0 Å². The van der Waals surface area contributed by atoms with E-state index in [2.05, 4.69) is 30.3 Å².